The van der Waals surface area contributed by atoms with Crippen molar-refractivity contribution in [1.82, 2.24) is 15.5 Å². The Kier molecular flexibility index (Phi) is 4.67. The number of amides is 1. The first-order valence-electron chi connectivity index (χ1n) is 7.20. The third-order valence-corrected chi connectivity index (χ3v) is 4.87. The molecule has 0 saturated heterocycles. The summed E-state index contributed by atoms with van der Waals surface area (Å²) >= 11 is 0. The molecular weight excluding hydrogens is 292 g/mol. The van der Waals surface area contributed by atoms with Gasteiger partial charge in [-0.1, -0.05) is 33.1 Å². The minimum absolute atomic E-state index is 0.123. The molecule has 21 heavy (non-hydrogen) atoms. The molecule has 7 nitrogen and oxygen atoms in total. The van der Waals surface area contributed by atoms with E-state index >= 15 is 0 Å². The number of nitrogens with two attached hydrogens (primary N) is 1. The number of primary sulfonamides is 1. The van der Waals surface area contributed by atoms with Gasteiger partial charge in [-0.05, 0) is 18.3 Å². The lowest BCUT2D eigenvalue weighted by atomic mass is 9.83. The van der Waals surface area contributed by atoms with E-state index in [0.717, 1.165) is 6.42 Å². The Labute approximate surface area is 124 Å². The highest BCUT2D eigenvalue weighted by Gasteiger charge is 2.28. The number of nitrogens with zero attached hydrogens (tertiary/aromatic N) is 1. The summed E-state index contributed by atoms with van der Waals surface area (Å²) in [4.78, 5) is 11.9. The molecule has 4 N–H and O–H groups in total. The van der Waals surface area contributed by atoms with Crippen LogP contribution >= 0.6 is 0 Å². The van der Waals surface area contributed by atoms with Gasteiger partial charge in [0.25, 0.3) is 5.91 Å². The number of hydrogen-bond donors (Lipinski definition) is 3. The van der Waals surface area contributed by atoms with Crippen LogP contribution in [0.15, 0.2) is 4.90 Å². The molecular formula is C13H22N4O3S. The number of carbonyl (C=O) groups is 1. The zero-order valence-corrected chi connectivity index (χ0v) is 13.2. The molecule has 1 fully saturated rings. The fourth-order valence-corrected chi connectivity index (χ4v) is 3.43. The van der Waals surface area contributed by atoms with Gasteiger partial charge in [0.1, 0.15) is 4.90 Å². The SMILES string of the molecule is CC(C)c1[nH]nc(C(=O)NCCC2CCC2)c1S(N)(=O)=O. The van der Waals surface area contributed by atoms with Gasteiger partial charge in [0.15, 0.2) is 5.69 Å². The van der Waals surface area contributed by atoms with Crippen LogP contribution in [-0.4, -0.2) is 31.1 Å². The van der Waals surface area contributed by atoms with Crippen LogP contribution in [0.1, 0.15) is 61.6 Å². The number of aromatic nitrogens is 2. The number of hydrogen-bond acceptors (Lipinski definition) is 4. The van der Waals surface area contributed by atoms with Crippen LogP contribution in [0.5, 0.6) is 0 Å². The molecule has 1 aliphatic rings. The summed E-state index contributed by atoms with van der Waals surface area (Å²) in [6.07, 6.45) is 4.58. The van der Waals surface area contributed by atoms with E-state index in [9.17, 15) is 13.2 Å². The van der Waals surface area contributed by atoms with Crippen LogP contribution < -0.4 is 10.5 Å². The minimum Gasteiger partial charge on any atom is -0.351 e. The first-order chi connectivity index (χ1) is 9.80. The zero-order chi connectivity index (χ0) is 15.6. The molecule has 1 aromatic heterocycles. The summed E-state index contributed by atoms with van der Waals surface area (Å²) in [6, 6.07) is 0. The number of rotatable bonds is 6. The highest BCUT2D eigenvalue weighted by molar-refractivity contribution is 7.89. The van der Waals surface area contributed by atoms with Gasteiger partial charge in [-0.3, -0.25) is 9.89 Å². The topological polar surface area (TPSA) is 118 Å². The molecule has 0 unspecified atom stereocenters. The maximum Gasteiger partial charge on any atom is 0.273 e. The summed E-state index contributed by atoms with van der Waals surface area (Å²) in [6.45, 7) is 4.14. The van der Waals surface area contributed by atoms with E-state index in [1.165, 1.54) is 19.3 Å². The summed E-state index contributed by atoms with van der Waals surface area (Å²) in [7, 11) is -4.00. The van der Waals surface area contributed by atoms with Crippen molar-refractivity contribution in [3.8, 4) is 0 Å². The van der Waals surface area contributed by atoms with Gasteiger partial charge in [-0.2, -0.15) is 5.10 Å². The highest BCUT2D eigenvalue weighted by atomic mass is 32.2. The molecule has 0 atom stereocenters. The molecule has 118 valence electrons. The summed E-state index contributed by atoms with van der Waals surface area (Å²) in [5, 5.41) is 14.4. The average molecular weight is 314 g/mol. The second kappa shape index (κ2) is 6.15. The summed E-state index contributed by atoms with van der Waals surface area (Å²) in [5.74, 6) is 0.0530. The van der Waals surface area contributed by atoms with Crippen molar-refractivity contribution in [1.29, 1.82) is 0 Å². The van der Waals surface area contributed by atoms with Crippen molar-refractivity contribution in [2.24, 2.45) is 11.1 Å². The van der Waals surface area contributed by atoms with Gasteiger partial charge in [-0.25, -0.2) is 13.6 Å². The number of H-pyrrole nitrogens is 1. The maximum absolute atomic E-state index is 12.1. The van der Waals surface area contributed by atoms with E-state index < -0.39 is 15.9 Å². The van der Waals surface area contributed by atoms with Crippen LogP contribution in [0, 0.1) is 5.92 Å². The van der Waals surface area contributed by atoms with E-state index in [4.69, 9.17) is 5.14 Å². The lowest BCUT2D eigenvalue weighted by molar-refractivity contribution is 0.0940. The Bertz CT molecular complexity index is 617. The van der Waals surface area contributed by atoms with E-state index in [-0.39, 0.29) is 16.5 Å². The lowest BCUT2D eigenvalue weighted by Crippen LogP contribution is -2.29. The molecule has 1 aliphatic carbocycles. The fourth-order valence-electron chi connectivity index (χ4n) is 2.43. The van der Waals surface area contributed by atoms with Gasteiger partial charge in [0.2, 0.25) is 10.0 Å². The van der Waals surface area contributed by atoms with Gasteiger partial charge >= 0.3 is 0 Å². The zero-order valence-electron chi connectivity index (χ0n) is 12.3. The maximum atomic E-state index is 12.1. The molecule has 0 spiro atoms. The minimum atomic E-state index is -4.00. The van der Waals surface area contributed by atoms with Crippen LogP contribution in [0.25, 0.3) is 0 Å². The van der Waals surface area contributed by atoms with E-state index in [0.29, 0.717) is 18.2 Å². The Morgan fingerprint density at radius 2 is 2.14 bits per heavy atom. The first kappa shape index (κ1) is 16.0. The smallest absolute Gasteiger partial charge is 0.273 e. The molecule has 1 saturated carbocycles. The Morgan fingerprint density at radius 3 is 2.62 bits per heavy atom. The Hall–Kier alpha value is -1.41. The predicted molar refractivity (Wildman–Crippen MR) is 78.3 cm³/mol. The third-order valence-electron chi connectivity index (χ3n) is 3.89. The van der Waals surface area contributed by atoms with E-state index in [1.807, 2.05) is 0 Å². The van der Waals surface area contributed by atoms with Crippen molar-refractivity contribution in [3.63, 3.8) is 0 Å². The van der Waals surface area contributed by atoms with Crippen LogP contribution in [0.4, 0.5) is 0 Å². The largest absolute Gasteiger partial charge is 0.351 e. The number of nitrogens with one attached hydrogen (secondary N) is 2. The van der Waals surface area contributed by atoms with Crippen molar-refractivity contribution in [3.05, 3.63) is 11.4 Å². The molecule has 2 rings (SSSR count). The second-order valence-corrected chi connectivity index (χ2v) is 7.35. The fraction of sp³-hybridized carbons (Fsp3) is 0.692. The summed E-state index contributed by atoms with van der Waals surface area (Å²) in [5.41, 5.74) is 0.219. The van der Waals surface area contributed by atoms with Crippen molar-refractivity contribution >= 4 is 15.9 Å². The van der Waals surface area contributed by atoms with Gasteiger partial charge < -0.3 is 5.32 Å². The number of aromatic amines is 1. The van der Waals surface area contributed by atoms with Gasteiger partial charge in [0, 0.05) is 6.54 Å². The molecule has 1 aromatic rings. The van der Waals surface area contributed by atoms with Crippen molar-refractivity contribution in [2.75, 3.05) is 6.54 Å². The van der Waals surface area contributed by atoms with Gasteiger partial charge in [-0.15, -0.1) is 0 Å². The van der Waals surface area contributed by atoms with Crippen LogP contribution in [0.3, 0.4) is 0 Å². The molecule has 0 aromatic carbocycles. The van der Waals surface area contributed by atoms with E-state index in [2.05, 4.69) is 15.5 Å². The highest BCUT2D eigenvalue weighted by Crippen LogP contribution is 2.29. The Morgan fingerprint density at radius 1 is 1.48 bits per heavy atom. The normalized spacial score (nSPS) is 16.0. The first-order valence-corrected chi connectivity index (χ1v) is 8.74. The Balaban J connectivity index is 2.12. The van der Waals surface area contributed by atoms with Crippen molar-refractivity contribution in [2.45, 2.75) is 50.3 Å². The van der Waals surface area contributed by atoms with Crippen molar-refractivity contribution < 1.29 is 13.2 Å². The molecule has 1 heterocycles. The number of sulfonamides is 1. The number of carbonyl (C=O) groups excluding carboxylic acids is 1. The second-order valence-electron chi connectivity index (χ2n) is 5.86. The molecule has 0 radical (unpaired) electrons. The van der Waals surface area contributed by atoms with Gasteiger partial charge in [0.05, 0.1) is 5.69 Å². The average Bonchev–Trinajstić information content (AvgIpc) is 2.76. The molecule has 1 amide bonds. The van der Waals surface area contributed by atoms with Crippen LogP contribution in [0.2, 0.25) is 0 Å². The van der Waals surface area contributed by atoms with E-state index in [1.54, 1.807) is 13.8 Å². The molecule has 0 aliphatic heterocycles. The monoisotopic (exact) mass is 314 g/mol. The lowest BCUT2D eigenvalue weighted by Gasteiger charge is -2.25. The third kappa shape index (κ3) is 3.62. The summed E-state index contributed by atoms with van der Waals surface area (Å²) < 4.78 is 23.4. The standard InChI is InChI=1S/C13H22N4O3S/c1-8(2)10-12(21(14,19)20)11(17-16-10)13(18)15-7-6-9-4-3-5-9/h8-9H,3-7H2,1-2H3,(H,15,18)(H,16,17)(H2,14,19,20). The quantitative estimate of drug-likeness (QED) is 0.728. The molecule has 0 bridgehead atoms. The van der Waals surface area contributed by atoms with Crippen LogP contribution in [-0.2, 0) is 10.0 Å². The molecule has 8 heteroatoms. The predicted octanol–water partition coefficient (Wildman–Crippen LogP) is 1.10.